The molecular formula is C9H6BrCl2N5. The van der Waals surface area contributed by atoms with Gasteiger partial charge in [0.15, 0.2) is 0 Å². The predicted molar refractivity (Wildman–Crippen MR) is 71.7 cm³/mol. The van der Waals surface area contributed by atoms with Gasteiger partial charge in [-0.3, -0.25) is 0 Å². The zero-order chi connectivity index (χ0) is 12.4. The summed E-state index contributed by atoms with van der Waals surface area (Å²) in [6.45, 7) is 0. The summed E-state index contributed by atoms with van der Waals surface area (Å²) in [6.07, 6.45) is 0. The van der Waals surface area contributed by atoms with Gasteiger partial charge in [0, 0.05) is 9.50 Å². The molecule has 88 valence electrons. The second-order valence-corrected chi connectivity index (χ2v) is 4.66. The second-order valence-electron chi connectivity index (χ2n) is 3.04. The zero-order valence-electron chi connectivity index (χ0n) is 8.28. The highest BCUT2D eigenvalue weighted by atomic mass is 79.9. The molecule has 0 saturated heterocycles. The first-order valence-electron chi connectivity index (χ1n) is 4.44. The molecule has 0 aliphatic heterocycles. The molecule has 1 aromatic carbocycles. The number of halogens is 3. The van der Waals surface area contributed by atoms with Crippen LogP contribution in [0.2, 0.25) is 10.3 Å². The molecule has 0 unspecified atom stereocenters. The van der Waals surface area contributed by atoms with Crippen LogP contribution in [0.15, 0.2) is 22.7 Å². The summed E-state index contributed by atoms with van der Waals surface area (Å²) < 4.78 is 0.778. The van der Waals surface area contributed by atoms with Crippen molar-refractivity contribution >= 4 is 56.7 Å². The minimum absolute atomic E-state index is 0.0325. The van der Waals surface area contributed by atoms with Crippen LogP contribution in [0.1, 0.15) is 0 Å². The Hall–Kier alpha value is -1.11. The van der Waals surface area contributed by atoms with Gasteiger partial charge in [-0.25, -0.2) is 0 Å². The van der Waals surface area contributed by atoms with Gasteiger partial charge < -0.3 is 11.1 Å². The van der Waals surface area contributed by atoms with Crippen molar-refractivity contribution in [2.75, 3.05) is 11.1 Å². The normalized spacial score (nSPS) is 10.3. The van der Waals surface area contributed by atoms with Crippen LogP contribution in [-0.2, 0) is 0 Å². The highest BCUT2D eigenvalue weighted by Crippen LogP contribution is 2.27. The molecule has 0 radical (unpaired) electrons. The fourth-order valence-corrected chi connectivity index (χ4v) is 2.08. The Morgan fingerprint density at radius 1 is 1.18 bits per heavy atom. The molecule has 0 atom stereocenters. The average Bonchev–Trinajstić information content (AvgIpc) is 2.21. The molecular weight excluding hydrogens is 329 g/mol. The molecule has 0 amide bonds. The van der Waals surface area contributed by atoms with E-state index in [0.29, 0.717) is 5.02 Å². The average molecular weight is 335 g/mol. The summed E-state index contributed by atoms with van der Waals surface area (Å²) >= 11 is 14.9. The summed E-state index contributed by atoms with van der Waals surface area (Å²) in [6, 6.07) is 5.26. The van der Waals surface area contributed by atoms with Gasteiger partial charge in [-0.1, -0.05) is 11.6 Å². The first-order valence-corrected chi connectivity index (χ1v) is 5.98. The van der Waals surface area contributed by atoms with Gasteiger partial charge in [0.1, 0.15) is 0 Å². The van der Waals surface area contributed by atoms with E-state index < -0.39 is 0 Å². The Labute approximate surface area is 116 Å². The maximum absolute atomic E-state index is 5.83. The third-order valence-electron chi connectivity index (χ3n) is 1.80. The molecule has 8 heteroatoms. The molecule has 0 fully saturated rings. The van der Waals surface area contributed by atoms with Gasteiger partial charge in [0.25, 0.3) is 0 Å². The Kier molecular flexibility index (Phi) is 3.66. The molecule has 0 aliphatic rings. The van der Waals surface area contributed by atoms with E-state index in [1.807, 2.05) is 0 Å². The lowest BCUT2D eigenvalue weighted by molar-refractivity contribution is 1.07. The number of rotatable bonds is 2. The van der Waals surface area contributed by atoms with Crippen LogP contribution in [-0.4, -0.2) is 15.0 Å². The number of aromatic nitrogens is 3. The number of hydrogen-bond acceptors (Lipinski definition) is 5. The van der Waals surface area contributed by atoms with Crippen LogP contribution in [0.4, 0.5) is 17.6 Å². The van der Waals surface area contributed by atoms with Gasteiger partial charge >= 0.3 is 0 Å². The fourth-order valence-electron chi connectivity index (χ4n) is 1.13. The first-order chi connectivity index (χ1) is 8.04. The number of anilines is 3. The zero-order valence-corrected chi connectivity index (χ0v) is 11.4. The number of nitrogens with zero attached hydrogens (tertiary/aromatic N) is 3. The molecule has 0 saturated carbocycles. The van der Waals surface area contributed by atoms with Gasteiger partial charge in [-0.05, 0) is 45.7 Å². The monoisotopic (exact) mass is 333 g/mol. The molecule has 2 rings (SSSR count). The molecule has 5 nitrogen and oxygen atoms in total. The molecule has 3 N–H and O–H groups in total. The van der Waals surface area contributed by atoms with Crippen molar-refractivity contribution in [2.45, 2.75) is 0 Å². The van der Waals surface area contributed by atoms with Crippen molar-refractivity contribution in [1.29, 1.82) is 0 Å². The number of benzene rings is 1. The van der Waals surface area contributed by atoms with Crippen molar-refractivity contribution < 1.29 is 0 Å². The van der Waals surface area contributed by atoms with Crippen LogP contribution >= 0.6 is 39.1 Å². The Morgan fingerprint density at radius 3 is 2.59 bits per heavy atom. The SMILES string of the molecule is Nc1nc(Cl)nc(Nc2ccc(Cl)cc2Br)n1. The predicted octanol–water partition coefficient (Wildman–Crippen LogP) is 3.27. The van der Waals surface area contributed by atoms with Crippen molar-refractivity contribution in [3.05, 3.63) is 33.0 Å². The summed E-state index contributed by atoms with van der Waals surface area (Å²) in [5, 5.41) is 3.60. The molecule has 17 heavy (non-hydrogen) atoms. The molecule has 1 aromatic heterocycles. The van der Waals surface area contributed by atoms with Crippen molar-refractivity contribution in [1.82, 2.24) is 15.0 Å². The third kappa shape index (κ3) is 3.18. The van der Waals surface area contributed by atoms with Gasteiger partial charge in [-0.2, -0.15) is 15.0 Å². The van der Waals surface area contributed by atoms with E-state index in [-0.39, 0.29) is 17.2 Å². The maximum Gasteiger partial charge on any atom is 0.233 e. The van der Waals surface area contributed by atoms with E-state index in [0.717, 1.165) is 10.2 Å². The summed E-state index contributed by atoms with van der Waals surface area (Å²) in [5.74, 6) is 0.322. The first kappa shape index (κ1) is 12.3. The topological polar surface area (TPSA) is 76.7 Å². The van der Waals surface area contributed by atoms with Crippen molar-refractivity contribution in [2.24, 2.45) is 0 Å². The van der Waals surface area contributed by atoms with E-state index in [1.165, 1.54) is 0 Å². The van der Waals surface area contributed by atoms with Crippen LogP contribution in [0, 0.1) is 0 Å². The van der Waals surface area contributed by atoms with E-state index in [2.05, 4.69) is 36.2 Å². The van der Waals surface area contributed by atoms with Gasteiger partial charge in [0.2, 0.25) is 17.2 Å². The van der Waals surface area contributed by atoms with E-state index in [4.69, 9.17) is 28.9 Å². The largest absolute Gasteiger partial charge is 0.368 e. The molecule has 0 spiro atoms. The van der Waals surface area contributed by atoms with Crippen LogP contribution < -0.4 is 11.1 Å². The summed E-state index contributed by atoms with van der Waals surface area (Å²) in [4.78, 5) is 11.5. The van der Waals surface area contributed by atoms with E-state index in [1.54, 1.807) is 18.2 Å². The van der Waals surface area contributed by atoms with Crippen LogP contribution in [0.25, 0.3) is 0 Å². The lowest BCUT2D eigenvalue weighted by Crippen LogP contribution is -2.03. The molecule has 2 aromatic rings. The number of nitrogens with two attached hydrogens (primary N) is 1. The van der Waals surface area contributed by atoms with Crippen molar-refractivity contribution in [3.63, 3.8) is 0 Å². The third-order valence-corrected chi connectivity index (χ3v) is 2.86. The Morgan fingerprint density at radius 2 is 1.94 bits per heavy atom. The smallest absolute Gasteiger partial charge is 0.233 e. The van der Waals surface area contributed by atoms with Gasteiger partial charge in [0.05, 0.1) is 5.69 Å². The lowest BCUT2D eigenvalue weighted by atomic mass is 10.3. The Bertz CT molecular complexity index is 543. The molecule has 1 heterocycles. The lowest BCUT2D eigenvalue weighted by Gasteiger charge is -2.07. The summed E-state index contributed by atoms with van der Waals surface area (Å²) in [7, 11) is 0. The number of hydrogen-bond donors (Lipinski definition) is 2. The number of nitrogens with one attached hydrogen (secondary N) is 1. The minimum Gasteiger partial charge on any atom is -0.368 e. The quantitative estimate of drug-likeness (QED) is 0.881. The van der Waals surface area contributed by atoms with E-state index >= 15 is 0 Å². The minimum atomic E-state index is 0.0325. The fraction of sp³-hybridized carbons (Fsp3) is 0. The highest BCUT2D eigenvalue weighted by molar-refractivity contribution is 9.10. The molecule has 0 aliphatic carbocycles. The highest BCUT2D eigenvalue weighted by Gasteiger charge is 2.05. The van der Waals surface area contributed by atoms with E-state index in [9.17, 15) is 0 Å². The van der Waals surface area contributed by atoms with Crippen LogP contribution in [0.3, 0.4) is 0 Å². The molecule has 0 bridgehead atoms. The Balaban J connectivity index is 2.31. The maximum atomic E-state index is 5.83. The van der Waals surface area contributed by atoms with Crippen LogP contribution in [0.5, 0.6) is 0 Å². The second kappa shape index (κ2) is 5.03. The van der Waals surface area contributed by atoms with Gasteiger partial charge in [-0.15, -0.1) is 0 Å². The standard InChI is InChI=1S/C9H6BrCl2N5/c10-5-3-4(11)1-2-6(5)14-9-16-7(12)15-8(13)17-9/h1-3H,(H3,13,14,15,16,17). The number of nitrogen functional groups attached to an aromatic ring is 1. The summed E-state index contributed by atoms with van der Waals surface area (Å²) in [5.41, 5.74) is 6.20. The van der Waals surface area contributed by atoms with Crippen molar-refractivity contribution in [3.8, 4) is 0 Å².